The Labute approximate surface area is 168 Å². The van der Waals surface area contributed by atoms with Gasteiger partial charge in [-0.1, -0.05) is 29.8 Å². The van der Waals surface area contributed by atoms with Gasteiger partial charge < -0.3 is 5.32 Å². The lowest BCUT2D eigenvalue weighted by Crippen LogP contribution is -2.22. The van der Waals surface area contributed by atoms with E-state index >= 15 is 0 Å². The second-order valence-corrected chi connectivity index (χ2v) is 7.64. The molecule has 0 spiro atoms. The Kier molecular flexibility index (Phi) is 4.87. The van der Waals surface area contributed by atoms with Crippen LogP contribution in [0.2, 0.25) is 5.02 Å². The third-order valence-corrected chi connectivity index (χ3v) is 5.87. The molecule has 0 saturated carbocycles. The van der Waals surface area contributed by atoms with Crippen LogP contribution in [-0.4, -0.2) is 15.7 Å². The second kappa shape index (κ2) is 7.33. The minimum absolute atomic E-state index is 0.171. The van der Waals surface area contributed by atoms with Gasteiger partial charge in [-0.3, -0.25) is 9.48 Å². The zero-order valence-electron chi connectivity index (χ0n) is 14.7. The summed E-state index contributed by atoms with van der Waals surface area (Å²) in [5, 5.41) is 8.14. The summed E-state index contributed by atoms with van der Waals surface area (Å²) in [7, 11) is 1.75. The number of nitrogens with zero attached hydrogens (tertiary/aromatic N) is 2. The normalized spacial score (nSPS) is 11.1. The predicted molar refractivity (Wildman–Crippen MR) is 107 cm³/mol. The number of rotatable bonds is 4. The maximum Gasteiger partial charge on any atom is 0.261 e. The molecule has 28 heavy (non-hydrogen) atoms. The van der Waals surface area contributed by atoms with Gasteiger partial charge in [0.15, 0.2) is 0 Å². The van der Waals surface area contributed by atoms with Gasteiger partial charge in [-0.25, -0.2) is 8.78 Å². The summed E-state index contributed by atoms with van der Waals surface area (Å²) in [5.41, 5.74) is 1.50. The lowest BCUT2D eigenvalue weighted by atomic mass is 10.1. The first-order valence-electron chi connectivity index (χ1n) is 8.37. The summed E-state index contributed by atoms with van der Waals surface area (Å²) in [4.78, 5) is 13.8. The summed E-state index contributed by atoms with van der Waals surface area (Å²) < 4.78 is 29.0. The number of amides is 1. The van der Waals surface area contributed by atoms with Crippen molar-refractivity contribution in [2.45, 2.75) is 6.54 Å². The van der Waals surface area contributed by atoms with E-state index in [2.05, 4.69) is 10.4 Å². The molecule has 0 fully saturated rings. The van der Waals surface area contributed by atoms with Crippen LogP contribution in [0.4, 0.5) is 8.78 Å². The number of hydrogen-bond acceptors (Lipinski definition) is 3. The van der Waals surface area contributed by atoms with Crippen molar-refractivity contribution < 1.29 is 13.6 Å². The first-order chi connectivity index (χ1) is 13.4. The maximum absolute atomic E-state index is 14.2. The van der Waals surface area contributed by atoms with Crippen molar-refractivity contribution in [1.29, 1.82) is 0 Å². The molecule has 1 N–H and O–H groups in total. The number of thiophene rings is 1. The average molecular weight is 418 g/mol. The maximum atomic E-state index is 14.2. The molecule has 8 heteroatoms. The zero-order chi connectivity index (χ0) is 19.8. The van der Waals surface area contributed by atoms with Crippen molar-refractivity contribution >= 4 is 39.1 Å². The summed E-state index contributed by atoms with van der Waals surface area (Å²) in [6, 6.07) is 12.1. The van der Waals surface area contributed by atoms with Crippen LogP contribution in [-0.2, 0) is 13.6 Å². The third-order valence-electron chi connectivity index (χ3n) is 4.32. The van der Waals surface area contributed by atoms with Crippen molar-refractivity contribution in [2.75, 3.05) is 0 Å². The first kappa shape index (κ1) is 18.6. The van der Waals surface area contributed by atoms with Crippen LogP contribution in [0.1, 0.15) is 15.2 Å². The number of halogens is 3. The van der Waals surface area contributed by atoms with Crippen molar-refractivity contribution in [3.63, 3.8) is 0 Å². The molecule has 0 atom stereocenters. The van der Waals surface area contributed by atoms with Gasteiger partial charge in [-0.05, 0) is 35.9 Å². The molecule has 1 amide bonds. The summed E-state index contributed by atoms with van der Waals surface area (Å²) in [6.07, 6.45) is 0. The highest BCUT2D eigenvalue weighted by Gasteiger charge is 2.19. The number of benzene rings is 2. The molecule has 0 bridgehead atoms. The zero-order valence-corrected chi connectivity index (χ0v) is 16.2. The monoisotopic (exact) mass is 417 g/mol. The molecule has 4 nitrogen and oxygen atoms in total. The first-order valence-corrected chi connectivity index (χ1v) is 9.57. The minimum atomic E-state index is -0.433. The molecule has 0 unspecified atom stereocenters. The predicted octanol–water partition coefficient (Wildman–Crippen LogP) is 5.16. The molecule has 2 aromatic heterocycles. The van der Waals surface area contributed by atoms with Gasteiger partial charge >= 0.3 is 0 Å². The van der Waals surface area contributed by atoms with Crippen LogP contribution in [0.15, 0.2) is 48.5 Å². The Bertz CT molecular complexity index is 1200. The lowest BCUT2D eigenvalue weighted by Gasteiger charge is -2.06. The molecule has 2 heterocycles. The van der Waals surface area contributed by atoms with Crippen LogP contribution in [0, 0.1) is 11.6 Å². The Balaban J connectivity index is 1.62. The molecule has 0 aliphatic carbocycles. The number of aryl methyl sites for hydroxylation is 1. The van der Waals surface area contributed by atoms with Crippen LogP contribution in [0.5, 0.6) is 0 Å². The van der Waals surface area contributed by atoms with E-state index in [1.165, 1.54) is 35.6 Å². The van der Waals surface area contributed by atoms with E-state index < -0.39 is 5.82 Å². The van der Waals surface area contributed by atoms with Gasteiger partial charge in [0.1, 0.15) is 22.2 Å². The van der Waals surface area contributed by atoms with E-state index in [1.807, 2.05) is 0 Å². The average Bonchev–Trinajstić information content (AvgIpc) is 3.22. The van der Waals surface area contributed by atoms with E-state index in [-0.39, 0.29) is 23.3 Å². The molecular weight excluding hydrogens is 404 g/mol. The Morgan fingerprint density at radius 2 is 2.00 bits per heavy atom. The minimum Gasteiger partial charge on any atom is -0.347 e. The summed E-state index contributed by atoms with van der Waals surface area (Å²) in [6.45, 7) is 0.171. The second-order valence-electron chi connectivity index (χ2n) is 6.20. The third kappa shape index (κ3) is 3.39. The smallest absolute Gasteiger partial charge is 0.261 e. The Morgan fingerprint density at radius 1 is 1.21 bits per heavy atom. The van der Waals surface area contributed by atoms with Gasteiger partial charge in [0, 0.05) is 29.6 Å². The van der Waals surface area contributed by atoms with Crippen LogP contribution in [0.25, 0.3) is 21.5 Å². The van der Waals surface area contributed by atoms with E-state index in [0.717, 1.165) is 4.83 Å². The van der Waals surface area contributed by atoms with Crippen molar-refractivity contribution in [3.05, 3.63) is 75.6 Å². The number of carbonyl (C=O) groups is 1. The van der Waals surface area contributed by atoms with Crippen LogP contribution in [0.3, 0.4) is 0 Å². The largest absolute Gasteiger partial charge is 0.347 e. The lowest BCUT2D eigenvalue weighted by molar-refractivity contribution is 0.0955. The fourth-order valence-corrected chi connectivity index (χ4v) is 4.15. The summed E-state index contributed by atoms with van der Waals surface area (Å²) in [5.74, 6) is -1.09. The van der Waals surface area contributed by atoms with Crippen LogP contribution < -0.4 is 5.32 Å². The molecule has 2 aromatic carbocycles. The van der Waals surface area contributed by atoms with Crippen LogP contribution >= 0.6 is 22.9 Å². The van der Waals surface area contributed by atoms with Gasteiger partial charge in [-0.2, -0.15) is 5.10 Å². The molecule has 4 rings (SSSR count). The van der Waals surface area contributed by atoms with E-state index in [0.29, 0.717) is 27.1 Å². The number of fused-ring (bicyclic) bond motifs is 1. The quantitative estimate of drug-likeness (QED) is 0.498. The molecule has 0 saturated heterocycles. The molecular formula is C20H14ClF2N3OS. The molecule has 0 aliphatic rings. The van der Waals surface area contributed by atoms with E-state index in [9.17, 15) is 13.6 Å². The Morgan fingerprint density at radius 3 is 2.75 bits per heavy atom. The highest BCUT2D eigenvalue weighted by molar-refractivity contribution is 7.20. The van der Waals surface area contributed by atoms with Crippen molar-refractivity contribution in [3.8, 4) is 11.3 Å². The van der Waals surface area contributed by atoms with Gasteiger partial charge in [0.2, 0.25) is 0 Å². The SMILES string of the molecule is Cn1nc(-c2ccccc2F)c2cc(C(=O)NCc3ccc(F)cc3Cl)sc21. The van der Waals surface area contributed by atoms with E-state index in [1.54, 1.807) is 36.0 Å². The number of aromatic nitrogens is 2. The fraction of sp³-hybridized carbons (Fsp3) is 0.100. The topological polar surface area (TPSA) is 46.9 Å². The van der Waals surface area contributed by atoms with Gasteiger partial charge in [0.25, 0.3) is 5.91 Å². The molecule has 0 aliphatic heterocycles. The van der Waals surface area contributed by atoms with E-state index in [4.69, 9.17) is 11.6 Å². The Hall–Kier alpha value is -2.77. The van der Waals surface area contributed by atoms with Crippen molar-refractivity contribution in [2.24, 2.45) is 7.05 Å². The summed E-state index contributed by atoms with van der Waals surface area (Å²) >= 11 is 7.26. The standard InChI is InChI=1S/C20H14ClF2N3OS/c1-26-20-14(18(25-26)13-4-2-3-5-16(13)23)9-17(28-20)19(27)24-10-11-6-7-12(22)8-15(11)21/h2-9H,10H2,1H3,(H,24,27). The number of nitrogens with one attached hydrogen (secondary N) is 1. The van der Waals surface area contributed by atoms with Gasteiger partial charge in [-0.15, -0.1) is 11.3 Å². The highest BCUT2D eigenvalue weighted by Crippen LogP contribution is 2.34. The van der Waals surface area contributed by atoms with Crippen molar-refractivity contribution in [1.82, 2.24) is 15.1 Å². The number of hydrogen-bond donors (Lipinski definition) is 1. The van der Waals surface area contributed by atoms with Gasteiger partial charge in [0.05, 0.1) is 4.88 Å². The molecule has 142 valence electrons. The molecule has 4 aromatic rings. The molecule has 0 radical (unpaired) electrons. The highest BCUT2D eigenvalue weighted by atomic mass is 35.5. The number of carbonyl (C=O) groups excluding carboxylic acids is 1. The fourth-order valence-electron chi connectivity index (χ4n) is 2.93.